The monoisotopic (exact) mass is 195 g/mol. The molecule has 1 unspecified atom stereocenters. The average molecular weight is 195 g/mol. The number of hydrogen-bond acceptors (Lipinski definition) is 4. The normalized spacial score (nSPS) is 14.9. The van der Waals surface area contributed by atoms with Gasteiger partial charge in [-0.05, 0) is 25.8 Å². The van der Waals surface area contributed by atoms with E-state index in [1.165, 1.54) is 0 Å². The fourth-order valence-corrected chi connectivity index (χ4v) is 0.878. The van der Waals surface area contributed by atoms with E-state index in [9.17, 15) is 5.11 Å². The molecule has 1 atom stereocenters. The van der Waals surface area contributed by atoms with Gasteiger partial charge in [0.2, 0.25) is 5.95 Å². The molecule has 14 heavy (non-hydrogen) atoms. The lowest BCUT2D eigenvalue weighted by Gasteiger charge is -2.21. The molecule has 0 aliphatic carbocycles. The third-order valence-electron chi connectivity index (χ3n) is 2.17. The fourth-order valence-electron chi connectivity index (χ4n) is 0.878. The molecular formula is C10H17N3O. The van der Waals surface area contributed by atoms with Gasteiger partial charge in [-0.2, -0.15) is 0 Å². The zero-order valence-electron chi connectivity index (χ0n) is 8.91. The van der Waals surface area contributed by atoms with Gasteiger partial charge in [-0.15, -0.1) is 0 Å². The van der Waals surface area contributed by atoms with E-state index in [1.807, 2.05) is 13.8 Å². The maximum atomic E-state index is 9.72. The molecule has 0 radical (unpaired) electrons. The number of nitrogens with zero attached hydrogens (tertiary/aromatic N) is 2. The summed E-state index contributed by atoms with van der Waals surface area (Å²) in [5, 5.41) is 12.7. The van der Waals surface area contributed by atoms with Crippen molar-refractivity contribution in [2.24, 2.45) is 0 Å². The second-order valence-corrected chi connectivity index (χ2v) is 3.79. The minimum absolute atomic E-state index is 0.465. The van der Waals surface area contributed by atoms with Crippen LogP contribution >= 0.6 is 0 Å². The number of aliphatic hydroxyl groups is 1. The smallest absolute Gasteiger partial charge is 0.222 e. The van der Waals surface area contributed by atoms with Crippen molar-refractivity contribution in [3.05, 3.63) is 18.0 Å². The summed E-state index contributed by atoms with van der Waals surface area (Å²) in [6, 6.07) is 0. The summed E-state index contributed by atoms with van der Waals surface area (Å²) in [6.07, 6.45) is 4.19. The van der Waals surface area contributed by atoms with Crippen molar-refractivity contribution in [1.82, 2.24) is 9.97 Å². The third kappa shape index (κ3) is 3.30. The Morgan fingerprint density at radius 1 is 1.43 bits per heavy atom. The number of hydrogen-bond donors (Lipinski definition) is 2. The Morgan fingerprint density at radius 3 is 2.50 bits per heavy atom. The Kier molecular flexibility index (Phi) is 3.41. The van der Waals surface area contributed by atoms with Gasteiger partial charge in [0.05, 0.1) is 5.60 Å². The molecule has 78 valence electrons. The van der Waals surface area contributed by atoms with Gasteiger partial charge in [0.1, 0.15) is 0 Å². The predicted molar refractivity (Wildman–Crippen MR) is 56.2 cm³/mol. The summed E-state index contributed by atoms with van der Waals surface area (Å²) in [5.74, 6) is 0.560. The van der Waals surface area contributed by atoms with Gasteiger partial charge >= 0.3 is 0 Å². The van der Waals surface area contributed by atoms with Crippen LogP contribution in [0.15, 0.2) is 12.4 Å². The van der Waals surface area contributed by atoms with Crippen LogP contribution in [0.2, 0.25) is 0 Å². The third-order valence-corrected chi connectivity index (χ3v) is 2.17. The van der Waals surface area contributed by atoms with Gasteiger partial charge in [-0.1, -0.05) is 6.92 Å². The molecule has 0 saturated carbocycles. The molecule has 0 aliphatic rings. The van der Waals surface area contributed by atoms with Crippen LogP contribution in [0.5, 0.6) is 0 Å². The molecule has 1 rings (SSSR count). The molecule has 1 aromatic rings. The van der Waals surface area contributed by atoms with E-state index in [0.717, 1.165) is 5.56 Å². The molecule has 4 nitrogen and oxygen atoms in total. The minimum Gasteiger partial charge on any atom is -0.388 e. The highest BCUT2D eigenvalue weighted by atomic mass is 16.3. The van der Waals surface area contributed by atoms with Gasteiger partial charge in [0.25, 0.3) is 0 Å². The molecule has 0 aromatic carbocycles. The van der Waals surface area contributed by atoms with Crippen molar-refractivity contribution in [3.63, 3.8) is 0 Å². The average Bonchev–Trinajstić information content (AvgIpc) is 2.17. The summed E-state index contributed by atoms with van der Waals surface area (Å²) in [4.78, 5) is 8.16. The first kappa shape index (κ1) is 10.9. The summed E-state index contributed by atoms with van der Waals surface area (Å²) in [7, 11) is 0. The summed E-state index contributed by atoms with van der Waals surface area (Å²) < 4.78 is 0. The van der Waals surface area contributed by atoms with E-state index in [2.05, 4.69) is 15.3 Å². The Labute approximate surface area is 84.4 Å². The van der Waals surface area contributed by atoms with E-state index >= 15 is 0 Å². The molecule has 4 heteroatoms. The molecule has 0 amide bonds. The van der Waals surface area contributed by atoms with E-state index < -0.39 is 5.60 Å². The molecule has 0 spiro atoms. The van der Waals surface area contributed by atoms with Crippen molar-refractivity contribution in [2.45, 2.75) is 32.8 Å². The fraction of sp³-hybridized carbons (Fsp3) is 0.600. The maximum Gasteiger partial charge on any atom is 0.222 e. The van der Waals surface area contributed by atoms with Crippen molar-refractivity contribution in [1.29, 1.82) is 0 Å². The second-order valence-electron chi connectivity index (χ2n) is 3.79. The summed E-state index contributed by atoms with van der Waals surface area (Å²) in [6.45, 7) is 6.13. The first-order valence-electron chi connectivity index (χ1n) is 4.78. The van der Waals surface area contributed by atoms with Crippen LogP contribution < -0.4 is 5.32 Å². The molecule has 1 aromatic heterocycles. The Balaban J connectivity index is 2.50. The lowest BCUT2D eigenvalue weighted by molar-refractivity contribution is 0.0695. The van der Waals surface area contributed by atoms with Gasteiger partial charge < -0.3 is 10.4 Å². The first-order chi connectivity index (χ1) is 6.53. The molecule has 0 fully saturated rings. The molecule has 0 saturated heterocycles. The highest BCUT2D eigenvalue weighted by Gasteiger charge is 2.16. The van der Waals surface area contributed by atoms with Crippen LogP contribution in [0.4, 0.5) is 5.95 Å². The largest absolute Gasteiger partial charge is 0.388 e. The lowest BCUT2D eigenvalue weighted by Crippen LogP contribution is -2.32. The van der Waals surface area contributed by atoms with Crippen LogP contribution in [0.25, 0.3) is 0 Å². The van der Waals surface area contributed by atoms with Gasteiger partial charge in [0.15, 0.2) is 0 Å². The predicted octanol–water partition coefficient (Wildman–Crippen LogP) is 1.36. The van der Waals surface area contributed by atoms with Crippen LogP contribution in [-0.4, -0.2) is 27.2 Å². The second kappa shape index (κ2) is 4.37. The lowest BCUT2D eigenvalue weighted by atomic mass is 10.0. The van der Waals surface area contributed by atoms with E-state index in [1.54, 1.807) is 19.3 Å². The van der Waals surface area contributed by atoms with E-state index in [-0.39, 0.29) is 0 Å². The van der Waals surface area contributed by atoms with Crippen molar-refractivity contribution >= 4 is 5.95 Å². The zero-order valence-corrected chi connectivity index (χ0v) is 8.91. The highest BCUT2D eigenvalue weighted by Crippen LogP contribution is 2.08. The molecule has 2 N–H and O–H groups in total. The molecule has 0 bridgehead atoms. The first-order valence-corrected chi connectivity index (χ1v) is 4.78. The number of anilines is 1. The Bertz CT molecular complexity index is 282. The number of aromatic nitrogens is 2. The number of aryl methyl sites for hydroxylation is 1. The maximum absolute atomic E-state index is 9.72. The Hall–Kier alpha value is -1.16. The number of nitrogens with one attached hydrogen (secondary N) is 1. The molecule has 1 heterocycles. The van der Waals surface area contributed by atoms with E-state index in [4.69, 9.17) is 0 Å². The molecular weight excluding hydrogens is 178 g/mol. The van der Waals surface area contributed by atoms with Gasteiger partial charge in [0, 0.05) is 18.9 Å². The van der Waals surface area contributed by atoms with Crippen LogP contribution in [0.3, 0.4) is 0 Å². The van der Waals surface area contributed by atoms with Gasteiger partial charge in [-0.25, -0.2) is 9.97 Å². The van der Waals surface area contributed by atoms with E-state index in [0.29, 0.717) is 18.9 Å². The van der Waals surface area contributed by atoms with Crippen LogP contribution in [0, 0.1) is 6.92 Å². The Morgan fingerprint density at radius 2 is 2.00 bits per heavy atom. The number of rotatable bonds is 4. The van der Waals surface area contributed by atoms with Crippen molar-refractivity contribution in [2.75, 3.05) is 11.9 Å². The highest BCUT2D eigenvalue weighted by molar-refractivity contribution is 5.24. The van der Waals surface area contributed by atoms with Crippen molar-refractivity contribution in [3.8, 4) is 0 Å². The van der Waals surface area contributed by atoms with Crippen LogP contribution in [0.1, 0.15) is 25.8 Å². The summed E-state index contributed by atoms with van der Waals surface area (Å²) >= 11 is 0. The van der Waals surface area contributed by atoms with Crippen LogP contribution in [-0.2, 0) is 0 Å². The standard InChI is InChI=1S/C10H17N3O/c1-4-10(3,14)7-13-9-11-5-8(2)6-12-9/h5-6,14H,4,7H2,1-3H3,(H,11,12,13). The van der Waals surface area contributed by atoms with Crippen molar-refractivity contribution < 1.29 is 5.11 Å². The topological polar surface area (TPSA) is 58.0 Å². The van der Waals surface area contributed by atoms with Gasteiger partial charge in [-0.3, -0.25) is 0 Å². The SMILES string of the molecule is CCC(C)(O)CNc1ncc(C)cn1. The quantitative estimate of drug-likeness (QED) is 0.761. The zero-order chi connectivity index (χ0) is 10.6. The molecule has 0 aliphatic heterocycles. The minimum atomic E-state index is -0.700. The summed E-state index contributed by atoms with van der Waals surface area (Å²) in [5.41, 5.74) is 0.326.